The van der Waals surface area contributed by atoms with Crippen LogP contribution in [0.2, 0.25) is 0 Å². The molecule has 26 heavy (non-hydrogen) atoms. The van der Waals surface area contributed by atoms with E-state index in [0.29, 0.717) is 11.3 Å². The van der Waals surface area contributed by atoms with Crippen LogP contribution >= 0.6 is 34.4 Å². The molecule has 1 unspecified atom stereocenters. The second-order valence-electron chi connectivity index (χ2n) is 6.02. The summed E-state index contributed by atoms with van der Waals surface area (Å²) < 4.78 is 1.19. The van der Waals surface area contributed by atoms with E-state index in [1.54, 1.807) is 29.6 Å². The van der Waals surface area contributed by atoms with Crippen molar-refractivity contribution in [2.75, 3.05) is 17.6 Å². The largest absolute Gasteiger partial charge is 0.477 e. The van der Waals surface area contributed by atoms with Gasteiger partial charge in [-0.15, -0.1) is 34.4 Å². The summed E-state index contributed by atoms with van der Waals surface area (Å²) >= 11 is 4.70. The summed E-state index contributed by atoms with van der Waals surface area (Å²) in [4.78, 5) is 37.2. The molecule has 0 aromatic carbocycles. The van der Waals surface area contributed by atoms with Gasteiger partial charge < -0.3 is 15.7 Å². The summed E-state index contributed by atoms with van der Waals surface area (Å²) in [6, 6.07) is 3.34. The average Bonchev–Trinajstić information content (AvgIpc) is 3.18. The van der Waals surface area contributed by atoms with Crippen LogP contribution in [0.25, 0.3) is 9.40 Å². The van der Waals surface area contributed by atoms with Crippen LogP contribution in [-0.4, -0.2) is 51.5 Å². The molecule has 7 nitrogen and oxygen atoms in total. The van der Waals surface area contributed by atoms with Gasteiger partial charge >= 0.3 is 5.97 Å². The van der Waals surface area contributed by atoms with Crippen LogP contribution in [0.15, 0.2) is 28.8 Å². The van der Waals surface area contributed by atoms with Crippen molar-refractivity contribution in [3.8, 4) is 0 Å². The summed E-state index contributed by atoms with van der Waals surface area (Å²) in [7, 11) is 0. The van der Waals surface area contributed by atoms with Crippen LogP contribution in [0, 0.1) is 0 Å². The van der Waals surface area contributed by atoms with Crippen molar-refractivity contribution in [1.82, 2.24) is 10.2 Å². The number of hydrogen-bond acceptors (Lipinski definition) is 7. The molecule has 2 aromatic rings. The standard InChI is InChI=1S/C16H15N3O4S3/c1-7-6-25-14-11(13(21)19(14)12(7)15(22)23)18-9(20)5-17-10-4-8-2-3-24-16(8)26-10/h2-4,11,14,17H,5-6H2,1H3,(H,18,20)(H,22,23)/t11?,14-/m1/s1. The molecule has 3 N–H and O–H groups in total. The Morgan fingerprint density at radius 3 is 2.96 bits per heavy atom. The Labute approximate surface area is 161 Å². The number of amides is 2. The highest BCUT2D eigenvalue weighted by atomic mass is 32.2. The molecule has 1 saturated heterocycles. The van der Waals surface area contributed by atoms with Crippen LogP contribution in [0.5, 0.6) is 0 Å². The zero-order valence-electron chi connectivity index (χ0n) is 13.6. The minimum absolute atomic E-state index is 0.0426. The van der Waals surface area contributed by atoms with Gasteiger partial charge in [-0.3, -0.25) is 14.5 Å². The fourth-order valence-corrected chi connectivity index (χ4v) is 6.32. The van der Waals surface area contributed by atoms with Gasteiger partial charge in [0.1, 0.15) is 17.1 Å². The average molecular weight is 410 g/mol. The number of carboxylic acid groups (broad SMARTS) is 1. The SMILES string of the molecule is CC1=C(C(=O)O)N2C(=O)C(NC(=O)CNc3cc4ccsc4s3)[C@H]2SC1. The summed E-state index contributed by atoms with van der Waals surface area (Å²) in [6.45, 7) is 1.78. The van der Waals surface area contributed by atoms with Crippen LogP contribution in [0.3, 0.4) is 0 Å². The lowest BCUT2D eigenvalue weighted by Gasteiger charge is -2.49. The lowest BCUT2D eigenvalue weighted by molar-refractivity contribution is -0.150. The number of carboxylic acids is 1. The number of thioether (sulfide) groups is 1. The summed E-state index contributed by atoms with van der Waals surface area (Å²) in [6.07, 6.45) is 0. The Kier molecular flexibility index (Phi) is 4.41. The van der Waals surface area contributed by atoms with E-state index >= 15 is 0 Å². The molecule has 2 atom stereocenters. The van der Waals surface area contributed by atoms with Gasteiger partial charge in [0, 0.05) is 11.1 Å². The Bertz CT molecular complexity index is 919. The molecule has 10 heteroatoms. The Balaban J connectivity index is 1.36. The second-order valence-corrected chi connectivity index (χ2v) is 9.35. The monoisotopic (exact) mass is 409 g/mol. The highest BCUT2D eigenvalue weighted by molar-refractivity contribution is 8.00. The van der Waals surface area contributed by atoms with Gasteiger partial charge in [0.05, 0.1) is 15.6 Å². The minimum atomic E-state index is -1.11. The van der Waals surface area contributed by atoms with E-state index in [0.717, 1.165) is 10.4 Å². The molecule has 0 aliphatic carbocycles. The number of carbonyl (C=O) groups excluding carboxylic acids is 2. The predicted molar refractivity (Wildman–Crippen MR) is 104 cm³/mol. The number of thiophene rings is 2. The quantitative estimate of drug-likeness (QED) is 0.655. The molecular formula is C16H15N3O4S3. The third-order valence-electron chi connectivity index (χ3n) is 4.25. The zero-order chi connectivity index (χ0) is 18.4. The Morgan fingerprint density at radius 2 is 2.23 bits per heavy atom. The van der Waals surface area contributed by atoms with E-state index in [4.69, 9.17) is 0 Å². The fourth-order valence-electron chi connectivity index (χ4n) is 3.02. The van der Waals surface area contributed by atoms with Gasteiger partial charge in [-0.05, 0) is 30.0 Å². The van der Waals surface area contributed by atoms with E-state index in [9.17, 15) is 19.5 Å². The summed E-state index contributed by atoms with van der Waals surface area (Å²) in [5, 5.41) is 18.8. The van der Waals surface area contributed by atoms with Crippen LogP contribution in [-0.2, 0) is 14.4 Å². The van der Waals surface area contributed by atoms with Crippen molar-refractivity contribution < 1.29 is 19.5 Å². The van der Waals surface area contributed by atoms with Crippen molar-refractivity contribution in [2.45, 2.75) is 18.3 Å². The smallest absolute Gasteiger partial charge is 0.352 e. The van der Waals surface area contributed by atoms with Gasteiger partial charge in [0.2, 0.25) is 5.91 Å². The van der Waals surface area contributed by atoms with Crippen LogP contribution in [0.4, 0.5) is 5.00 Å². The number of anilines is 1. The van der Waals surface area contributed by atoms with E-state index in [1.165, 1.54) is 20.7 Å². The Morgan fingerprint density at radius 1 is 1.42 bits per heavy atom. The first-order chi connectivity index (χ1) is 12.5. The summed E-state index contributed by atoms with van der Waals surface area (Å²) in [5.74, 6) is -1.23. The maximum Gasteiger partial charge on any atom is 0.352 e. The van der Waals surface area contributed by atoms with Crippen molar-refractivity contribution in [3.05, 3.63) is 28.8 Å². The molecule has 2 aliphatic rings. The zero-order valence-corrected chi connectivity index (χ0v) is 16.1. The van der Waals surface area contributed by atoms with E-state index in [2.05, 4.69) is 10.6 Å². The molecule has 2 aliphatic heterocycles. The number of aliphatic carboxylic acids is 1. The first-order valence-electron chi connectivity index (χ1n) is 7.83. The maximum atomic E-state index is 12.3. The van der Waals surface area contributed by atoms with E-state index in [1.807, 2.05) is 17.5 Å². The number of hydrogen-bond donors (Lipinski definition) is 3. The number of nitrogens with one attached hydrogen (secondary N) is 2. The topological polar surface area (TPSA) is 98.7 Å². The van der Waals surface area contributed by atoms with Gasteiger partial charge in [-0.25, -0.2) is 4.79 Å². The van der Waals surface area contributed by atoms with Crippen molar-refractivity contribution >= 4 is 66.6 Å². The molecule has 2 aromatic heterocycles. The number of rotatable bonds is 5. The maximum absolute atomic E-state index is 12.3. The minimum Gasteiger partial charge on any atom is -0.477 e. The predicted octanol–water partition coefficient (Wildman–Crippen LogP) is 2.13. The number of β-lactam (4-membered cyclic amide) rings is 1. The lowest BCUT2D eigenvalue weighted by atomic mass is 10.0. The molecule has 1 fully saturated rings. The first kappa shape index (κ1) is 17.4. The van der Waals surface area contributed by atoms with Crippen molar-refractivity contribution in [2.24, 2.45) is 0 Å². The first-order valence-corrected chi connectivity index (χ1v) is 10.6. The van der Waals surface area contributed by atoms with Gasteiger partial charge in [-0.2, -0.15) is 0 Å². The molecule has 136 valence electrons. The van der Waals surface area contributed by atoms with Crippen molar-refractivity contribution in [1.29, 1.82) is 0 Å². The molecule has 4 rings (SSSR count). The molecule has 0 spiro atoms. The van der Waals surface area contributed by atoms with E-state index in [-0.39, 0.29) is 29.4 Å². The number of fused-ring (bicyclic) bond motifs is 2. The van der Waals surface area contributed by atoms with Crippen molar-refractivity contribution in [3.63, 3.8) is 0 Å². The van der Waals surface area contributed by atoms with Crippen LogP contribution < -0.4 is 10.6 Å². The van der Waals surface area contributed by atoms with Crippen LogP contribution in [0.1, 0.15) is 6.92 Å². The van der Waals surface area contributed by atoms with Gasteiger partial charge in [0.25, 0.3) is 5.91 Å². The third-order valence-corrected chi connectivity index (χ3v) is 7.84. The molecule has 0 radical (unpaired) electrons. The molecule has 4 heterocycles. The second kappa shape index (κ2) is 6.60. The normalized spacial score (nSPS) is 22.2. The Hall–Kier alpha value is -2.04. The van der Waals surface area contributed by atoms with E-state index < -0.39 is 12.0 Å². The fraction of sp³-hybridized carbons (Fsp3) is 0.312. The molecular weight excluding hydrogens is 394 g/mol. The number of carbonyl (C=O) groups is 3. The van der Waals surface area contributed by atoms with Gasteiger partial charge in [-0.1, -0.05) is 0 Å². The third kappa shape index (κ3) is 2.87. The molecule has 2 amide bonds. The highest BCUT2D eigenvalue weighted by Gasteiger charge is 2.53. The highest BCUT2D eigenvalue weighted by Crippen LogP contribution is 2.40. The van der Waals surface area contributed by atoms with Gasteiger partial charge in [0.15, 0.2) is 0 Å². The molecule has 0 saturated carbocycles. The summed E-state index contributed by atoms with van der Waals surface area (Å²) in [5.41, 5.74) is 0.706. The lowest BCUT2D eigenvalue weighted by Crippen LogP contribution is -2.70. The number of nitrogens with zero attached hydrogens (tertiary/aromatic N) is 1. The molecule has 0 bridgehead atoms.